The highest BCUT2D eigenvalue weighted by Crippen LogP contribution is 2.17. The van der Waals surface area contributed by atoms with Crippen molar-refractivity contribution >= 4 is 17.1 Å². The number of imidazole rings is 1. The average molecular weight is 203 g/mol. The number of pyridine rings is 1. The molecule has 0 fully saturated rings. The largest absolute Gasteiger partial charge is 0.364 e. The Balaban J connectivity index is 2.74. The Bertz CT molecular complexity index is 514. The van der Waals surface area contributed by atoms with Gasteiger partial charge in [-0.05, 0) is 12.1 Å². The number of nitrogens with zero attached hydrogens (tertiary/aromatic N) is 3. The van der Waals surface area contributed by atoms with Gasteiger partial charge in [0.05, 0.1) is 5.52 Å². The van der Waals surface area contributed by atoms with Gasteiger partial charge >= 0.3 is 0 Å². The lowest BCUT2D eigenvalue weighted by molar-refractivity contribution is 0.101. The van der Waals surface area contributed by atoms with E-state index >= 15 is 0 Å². The van der Waals surface area contributed by atoms with E-state index in [1.54, 1.807) is 6.33 Å². The summed E-state index contributed by atoms with van der Waals surface area (Å²) in [5.41, 5.74) is 1.38. The highest BCUT2D eigenvalue weighted by atomic mass is 16.1. The van der Waals surface area contributed by atoms with Gasteiger partial charge in [0.2, 0.25) is 0 Å². The van der Waals surface area contributed by atoms with Crippen LogP contribution < -0.4 is 4.90 Å². The summed E-state index contributed by atoms with van der Waals surface area (Å²) in [4.78, 5) is 17.4. The van der Waals surface area contributed by atoms with Crippen molar-refractivity contribution in [2.24, 2.45) is 0 Å². The predicted octanol–water partition coefficient (Wildman–Crippen LogP) is 1.60. The Kier molecular flexibility index (Phi) is 2.19. The van der Waals surface area contributed by atoms with E-state index in [1.165, 1.54) is 6.92 Å². The molecule has 0 saturated heterocycles. The maximum atomic E-state index is 11.3. The maximum Gasteiger partial charge on any atom is 0.180 e. The summed E-state index contributed by atoms with van der Waals surface area (Å²) < 4.78 is 1.91. The molecule has 0 aromatic carbocycles. The van der Waals surface area contributed by atoms with Crippen molar-refractivity contribution in [1.82, 2.24) is 9.38 Å². The van der Waals surface area contributed by atoms with Crippen molar-refractivity contribution in [2.45, 2.75) is 6.92 Å². The molecule has 15 heavy (non-hydrogen) atoms. The zero-order valence-electron chi connectivity index (χ0n) is 9.06. The van der Waals surface area contributed by atoms with Crippen LogP contribution in [0.15, 0.2) is 24.5 Å². The molecule has 0 bridgehead atoms. The number of hydrogen-bond acceptors (Lipinski definition) is 3. The van der Waals surface area contributed by atoms with Crippen LogP contribution in [0.5, 0.6) is 0 Å². The van der Waals surface area contributed by atoms with E-state index in [2.05, 4.69) is 4.98 Å². The SMILES string of the molecule is CC(=O)c1ncn2c(N(C)C)cccc12. The fourth-order valence-corrected chi connectivity index (χ4v) is 1.64. The number of fused-ring (bicyclic) bond motifs is 1. The molecule has 0 aliphatic carbocycles. The molecule has 0 unspecified atom stereocenters. The monoisotopic (exact) mass is 203 g/mol. The molecule has 0 amide bonds. The van der Waals surface area contributed by atoms with Crippen LogP contribution in [0.25, 0.3) is 5.52 Å². The van der Waals surface area contributed by atoms with Crippen molar-refractivity contribution in [1.29, 1.82) is 0 Å². The maximum absolute atomic E-state index is 11.3. The van der Waals surface area contributed by atoms with Gasteiger partial charge in [-0.15, -0.1) is 0 Å². The number of hydrogen-bond donors (Lipinski definition) is 0. The summed E-state index contributed by atoms with van der Waals surface area (Å²) in [5, 5.41) is 0. The second kappa shape index (κ2) is 3.38. The third-order valence-electron chi connectivity index (χ3n) is 2.34. The van der Waals surface area contributed by atoms with Crippen LogP contribution in [-0.4, -0.2) is 29.3 Å². The van der Waals surface area contributed by atoms with Gasteiger partial charge in [-0.3, -0.25) is 9.20 Å². The van der Waals surface area contributed by atoms with E-state index in [0.29, 0.717) is 5.69 Å². The summed E-state index contributed by atoms with van der Waals surface area (Å²) in [6, 6.07) is 5.81. The smallest absolute Gasteiger partial charge is 0.180 e. The Morgan fingerprint density at radius 3 is 2.73 bits per heavy atom. The molecule has 0 spiro atoms. The van der Waals surface area contributed by atoms with Crippen LogP contribution in [0.3, 0.4) is 0 Å². The third kappa shape index (κ3) is 1.48. The molecular weight excluding hydrogens is 190 g/mol. The number of anilines is 1. The van der Waals surface area contributed by atoms with Crippen molar-refractivity contribution in [3.8, 4) is 0 Å². The number of carbonyl (C=O) groups is 1. The highest BCUT2D eigenvalue weighted by Gasteiger charge is 2.10. The normalized spacial score (nSPS) is 10.6. The molecule has 0 radical (unpaired) electrons. The minimum absolute atomic E-state index is 0.00611. The lowest BCUT2D eigenvalue weighted by atomic mass is 10.2. The molecule has 0 aliphatic heterocycles. The first kappa shape index (κ1) is 9.71. The first-order chi connectivity index (χ1) is 7.11. The standard InChI is InChI=1S/C11H13N3O/c1-8(15)11-9-5-4-6-10(13(2)3)14(9)7-12-11/h4-7H,1-3H3. The van der Waals surface area contributed by atoms with Crippen LogP contribution in [0, 0.1) is 0 Å². The molecule has 2 heterocycles. The molecule has 4 heteroatoms. The van der Waals surface area contributed by atoms with Gasteiger partial charge in [-0.1, -0.05) is 6.07 Å². The molecule has 0 N–H and O–H groups in total. The zero-order chi connectivity index (χ0) is 11.0. The fraction of sp³-hybridized carbons (Fsp3) is 0.273. The van der Waals surface area contributed by atoms with Crippen LogP contribution in [0.2, 0.25) is 0 Å². The molecule has 0 aliphatic rings. The van der Waals surface area contributed by atoms with Gasteiger partial charge in [0, 0.05) is 21.0 Å². The minimum atomic E-state index is -0.00611. The molecule has 78 valence electrons. The first-order valence-electron chi connectivity index (χ1n) is 4.75. The summed E-state index contributed by atoms with van der Waals surface area (Å²) in [6.07, 6.45) is 1.68. The van der Waals surface area contributed by atoms with Crippen molar-refractivity contribution < 1.29 is 4.79 Å². The lowest BCUT2D eigenvalue weighted by Crippen LogP contribution is -2.12. The molecule has 2 aromatic rings. The van der Waals surface area contributed by atoms with E-state index in [0.717, 1.165) is 11.3 Å². The van der Waals surface area contributed by atoms with Gasteiger partial charge in [-0.2, -0.15) is 0 Å². The molecular formula is C11H13N3O. The van der Waals surface area contributed by atoms with Gasteiger partial charge in [0.1, 0.15) is 17.8 Å². The van der Waals surface area contributed by atoms with Gasteiger partial charge < -0.3 is 4.90 Å². The third-order valence-corrected chi connectivity index (χ3v) is 2.34. The lowest BCUT2D eigenvalue weighted by Gasteiger charge is -2.14. The number of aromatic nitrogens is 2. The summed E-state index contributed by atoms with van der Waals surface area (Å²) in [6.45, 7) is 1.53. The Labute approximate surface area is 88.2 Å². The second-order valence-electron chi connectivity index (χ2n) is 3.68. The van der Waals surface area contributed by atoms with Crippen LogP contribution >= 0.6 is 0 Å². The topological polar surface area (TPSA) is 37.6 Å². The molecule has 0 saturated carbocycles. The zero-order valence-corrected chi connectivity index (χ0v) is 9.06. The molecule has 2 aromatic heterocycles. The van der Waals surface area contributed by atoms with E-state index < -0.39 is 0 Å². The van der Waals surface area contributed by atoms with Crippen molar-refractivity contribution in [3.05, 3.63) is 30.2 Å². The molecule has 0 atom stereocenters. The van der Waals surface area contributed by atoms with E-state index in [-0.39, 0.29) is 5.78 Å². The van der Waals surface area contributed by atoms with E-state index in [1.807, 2.05) is 41.6 Å². The first-order valence-corrected chi connectivity index (χ1v) is 4.75. The number of rotatable bonds is 2. The summed E-state index contributed by atoms with van der Waals surface area (Å²) in [5.74, 6) is 1.00. The van der Waals surface area contributed by atoms with Crippen molar-refractivity contribution in [2.75, 3.05) is 19.0 Å². The molecule has 2 rings (SSSR count). The van der Waals surface area contributed by atoms with E-state index in [9.17, 15) is 4.79 Å². The Morgan fingerprint density at radius 1 is 1.40 bits per heavy atom. The number of ketones is 1. The van der Waals surface area contributed by atoms with Crippen LogP contribution in [-0.2, 0) is 0 Å². The Morgan fingerprint density at radius 2 is 2.13 bits per heavy atom. The second-order valence-corrected chi connectivity index (χ2v) is 3.68. The predicted molar refractivity (Wildman–Crippen MR) is 59.5 cm³/mol. The summed E-state index contributed by atoms with van der Waals surface area (Å²) >= 11 is 0. The van der Waals surface area contributed by atoms with Crippen molar-refractivity contribution in [3.63, 3.8) is 0 Å². The van der Waals surface area contributed by atoms with Crippen LogP contribution in [0.1, 0.15) is 17.4 Å². The van der Waals surface area contributed by atoms with Gasteiger partial charge in [0.25, 0.3) is 0 Å². The Hall–Kier alpha value is -1.84. The highest BCUT2D eigenvalue weighted by molar-refractivity contribution is 5.99. The minimum Gasteiger partial charge on any atom is -0.364 e. The number of carbonyl (C=O) groups excluding carboxylic acids is 1. The molecule has 4 nitrogen and oxygen atoms in total. The van der Waals surface area contributed by atoms with E-state index in [4.69, 9.17) is 0 Å². The van der Waals surface area contributed by atoms with Gasteiger partial charge in [0.15, 0.2) is 5.78 Å². The summed E-state index contributed by atoms with van der Waals surface area (Å²) in [7, 11) is 3.92. The van der Waals surface area contributed by atoms with Gasteiger partial charge in [-0.25, -0.2) is 4.98 Å². The van der Waals surface area contributed by atoms with Crippen LogP contribution in [0.4, 0.5) is 5.82 Å². The average Bonchev–Trinajstić information content (AvgIpc) is 2.59. The quantitative estimate of drug-likeness (QED) is 0.696. The fourth-order valence-electron chi connectivity index (χ4n) is 1.64. The number of Topliss-reactive ketones (excluding diaryl/α,β-unsaturated/α-hetero) is 1.